The van der Waals surface area contributed by atoms with E-state index in [1.165, 1.54) is 4.80 Å². The molecule has 0 saturated carbocycles. The summed E-state index contributed by atoms with van der Waals surface area (Å²) in [6.45, 7) is 8.46. The number of ether oxygens (including phenoxy) is 4. The number of nitrogens with zero attached hydrogens (tertiary/aromatic N) is 3. The van der Waals surface area contributed by atoms with Crippen LogP contribution < -0.4 is 0 Å². The fraction of sp³-hybridized carbons (Fsp3) is 0.519. The quantitative estimate of drug-likeness (QED) is 0.232. The molecule has 2 aromatic carbocycles. The molecule has 2 N–H and O–H groups in total. The van der Waals surface area contributed by atoms with Crippen LogP contribution in [0.1, 0.15) is 38.3 Å². The number of aromatic nitrogens is 3. The second-order valence-corrected chi connectivity index (χ2v) is 9.52. The molecule has 0 atom stereocenters. The van der Waals surface area contributed by atoms with Crippen molar-refractivity contribution >= 4 is 17.0 Å². The number of aliphatic hydroxyl groups is 1. The molecule has 0 aliphatic heterocycles. The van der Waals surface area contributed by atoms with Crippen LogP contribution in [0.5, 0.6) is 5.75 Å². The summed E-state index contributed by atoms with van der Waals surface area (Å²) in [5, 5.41) is 28.7. The van der Waals surface area contributed by atoms with Crippen LogP contribution in [-0.4, -0.2) is 84.0 Å². The second kappa shape index (κ2) is 14.0. The lowest BCUT2D eigenvalue weighted by Crippen LogP contribution is -2.15. The van der Waals surface area contributed by atoms with Crippen molar-refractivity contribution in [2.45, 2.75) is 39.0 Å². The molecule has 0 spiro atoms. The number of hydrogen-bond donors (Lipinski definition) is 2. The molecule has 0 bridgehead atoms. The summed E-state index contributed by atoms with van der Waals surface area (Å²) in [5.41, 5.74) is 3.25. The van der Waals surface area contributed by atoms with Gasteiger partial charge in [0, 0.05) is 12.0 Å². The third-order valence-corrected chi connectivity index (χ3v) is 5.55. The maximum Gasteiger partial charge on any atom is 0.306 e. The van der Waals surface area contributed by atoms with E-state index in [4.69, 9.17) is 24.1 Å². The van der Waals surface area contributed by atoms with Gasteiger partial charge in [0.1, 0.15) is 29.1 Å². The monoisotopic (exact) mass is 515 g/mol. The van der Waals surface area contributed by atoms with Crippen LogP contribution in [0.15, 0.2) is 36.4 Å². The van der Waals surface area contributed by atoms with Gasteiger partial charge in [-0.15, -0.1) is 15.0 Å². The average Bonchev–Trinajstić information content (AvgIpc) is 3.30. The third-order valence-electron chi connectivity index (χ3n) is 5.55. The highest BCUT2D eigenvalue weighted by Gasteiger charge is 2.23. The topological polar surface area (TPSA) is 125 Å². The van der Waals surface area contributed by atoms with Crippen LogP contribution in [0, 0.1) is 0 Å². The van der Waals surface area contributed by atoms with E-state index in [2.05, 4.69) is 10.2 Å². The van der Waals surface area contributed by atoms with Crippen molar-refractivity contribution in [3.05, 3.63) is 47.5 Å². The zero-order valence-corrected chi connectivity index (χ0v) is 21.8. The molecule has 1 heterocycles. The van der Waals surface area contributed by atoms with Gasteiger partial charge in [0.05, 0.1) is 46.2 Å². The fourth-order valence-electron chi connectivity index (χ4n) is 3.65. The lowest BCUT2D eigenvalue weighted by molar-refractivity contribution is -0.145. The number of carbonyl (C=O) groups excluding carboxylic acids is 1. The number of phenolic OH excluding ortho intramolecular Hbond substituents is 1. The number of aryl methyl sites for hydroxylation is 1. The summed E-state index contributed by atoms with van der Waals surface area (Å²) >= 11 is 0. The molecule has 0 amide bonds. The van der Waals surface area contributed by atoms with Gasteiger partial charge in [-0.2, -0.15) is 0 Å². The Bertz CT molecular complexity index is 1110. The Kier molecular flexibility index (Phi) is 10.8. The molecular weight excluding hydrogens is 478 g/mol. The summed E-state index contributed by atoms with van der Waals surface area (Å²) in [5.74, 6) is -0.200. The molecule has 0 fully saturated rings. The second-order valence-electron chi connectivity index (χ2n) is 9.52. The van der Waals surface area contributed by atoms with Crippen LogP contribution in [0.3, 0.4) is 0 Å². The predicted molar refractivity (Wildman–Crippen MR) is 138 cm³/mol. The summed E-state index contributed by atoms with van der Waals surface area (Å²) < 4.78 is 21.1. The molecule has 202 valence electrons. The highest BCUT2D eigenvalue weighted by molar-refractivity contribution is 5.74. The number of esters is 1. The first-order valence-corrected chi connectivity index (χ1v) is 12.5. The van der Waals surface area contributed by atoms with Crippen molar-refractivity contribution in [2.75, 3.05) is 52.9 Å². The summed E-state index contributed by atoms with van der Waals surface area (Å²) in [6, 6.07) is 11.3. The van der Waals surface area contributed by atoms with Gasteiger partial charge in [-0.3, -0.25) is 4.79 Å². The molecule has 3 rings (SSSR count). The molecule has 0 aliphatic carbocycles. The average molecular weight is 516 g/mol. The Balaban J connectivity index is 1.50. The van der Waals surface area contributed by atoms with Gasteiger partial charge >= 0.3 is 5.97 Å². The van der Waals surface area contributed by atoms with Crippen molar-refractivity contribution in [3.8, 4) is 11.4 Å². The van der Waals surface area contributed by atoms with E-state index in [-0.39, 0.29) is 43.4 Å². The van der Waals surface area contributed by atoms with E-state index >= 15 is 0 Å². The molecule has 0 saturated heterocycles. The maximum absolute atomic E-state index is 12.3. The van der Waals surface area contributed by atoms with E-state index in [1.54, 1.807) is 0 Å². The molecule has 37 heavy (non-hydrogen) atoms. The minimum absolute atomic E-state index is 0.00391. The first kappa shape index (κ1) is 28.5. The van der Waals surface area contributed by atoms with E-state index in [0.717, 1.165) is 22.2 Å². The number of aliphatic hydroxyl groups excluding tert-OH is 1. The number of aromatic hydroxyl groups is 1. The Hall–Kier alpha value is -3.05. The van der Waals surface area contributed by atoms with Crippen LogP contribution in [0.4, 0.5) is 0 Å². The third kappa shape index (κ3) is 8.78. The minimum atomic E-state index is -0.324. The largest absolute Gasteiger partial charge is 0.505 e. The molecule has 0 aliphatic rings. The van der Waals surface area contributed by atoms with E-state index < -0.39 is 0 Å². The summed E-state index contributed by atoms with van der Waals surface area (Å²) in [4.78, 5) is 13.7. The van der Waals surface area contributed by atoms with Crippen LogP contribution >= 0.6 is 0 Å². The van der Waals surface area contributed by atoms with Gasteiger partial charge in [0.25, 0.3) is 0 Å². The first-order chi connectivity index (χ1) is 17.8. The molecule has 3 aromatic rings. The lowest BCUT2D eigenvalue weighted by atomic mass is 9.84. The lowest BCUT2D eigenvalue weighted by Gasteiger charge is -2.23. The summed E-state index contributed by atoms with van der Waals surface area (Å²) in [6.07, 6.45) is 0.641. The zero-order valence-electron chi connectivity index (χ0n) is 21.8. The number of carbonyl (C=O) groups is 1. The smallest absolute Gasteiger partial charge is 0.306 e. The molecular formula is C27H37N3O7. The minimum Gasteiger partial charge on any atom is -0.505 e. The van der Waals surface area contributed by atoms with Crippen molar-refractivity contribution in [1.82, 2.24) is 15.0 Å². The van der Waals surface area contributed by atoms with Crippen molar-refractivity contribution in [2.24, 2.45) is 0 Å². The van der Waals surface area contributed by atoms with Crippen molar-refractivity contribution < 1.29 is 34.0 Å². The van der Waals surface area contributed by atoms with Crippen molar-refractivity contribution in [1.29, 1.82) is 0 Å². The molecule has 0 radical (unpaired) electrons. The molecule has 10 heteroatoms. The Morgan fingerprint density at radius 2 is 1.46 bits per heavy atom. The van der Waals surface area contributed by atoms with Gasteiger partial charge in [0.2, 0.25) is 0 Å². The predicted octanol–water partition coefficient (Wildman–Crippen LogP) is 2.94. The van der Waals surface area contributed by atoms with Gasteiger partial charge in [-0.1, -0.05) is 39.0 Å². The van der Waals surface area contributed by atoms with Gasteiger partial charge in [-0.25, -0.2) is 0 Å². The molecule has 0 unspecified atom stereocenters. The SMILES string of the molecule is CC(C)(C)c1cc(CCC(=O)OCCOCCOCCOCCO)cc(-n2nc3ccccc3n2)c1O. The normalized spacial score (nSPS) is 11.8. The van der Waals surface area contributed by atoms with Gasteiger partial charge < -0.3 is 29.2 Å². The number of phenols is 1. The number of rotatable bonds is 15. The van der Waals surface area contributed by atoms with E-state index in [1.807, 2.05) is 57.2 Å². The zero-order chi connectivity index (χ0) is 26.7. The van der Waals surface area contributed by atoms with Gasteiger partial charge in [-0.05, 0) is 35.6 Å². The Labute approximate surface area is 217 Å². The highest BCUT2D eigenvalue weighted by atomic mass is 16.6. The van der Waals surface area contributed by atoms with Crippen LogP contribution in [0.2, 0.25) is 0 Å². The maximum atomic E-state index is 12.3. The number of fused-ring (bicyclic) bond motifs is 1. The number of hydrogen-bond acceptors (Lipinski definition) is 9. The molecule has 1 aromatic heterocycles. The first-order valence-electron chi connectivity index (χ1n) is 12.5. The molecule has 10 nitrogen and oxygen atoms in total. The fourth-order valence-corrected chi connectivity index (χ4v) is 3.65. The van der Waals surface area contributed by atoms with E-state index in [9.17, 15) is 9.90 Å². The van der Waals surface area contributed by atoms with Crippen LogP contribution in [0.25, 0.3) is 16.7 Å². The summed E-state index contributed by atoms with van der Waals surface area (Å²) in [7, 11) is 0. The Morgan fingerprint density at radius 3 is 2.03 bits per heavy atom. The highest BCUT2D eigenvalue weighted by Crippen LogP contribution is 2.36. The Morgan fingerprint density at radius 1 is 0.892 bits per heavy atom. The van der Waals surface area contributed by atoms with Gasteiger partial charge in [0.15, 0.2) is 0 Å². The number of benzene rings is 2. The van der Waals surface area contributed by atoms with E-state index in [0.29, 0.717) is 45.1 Å². The van der Waals surface area contributed by atoms with Crippen LogP contribution in [-0.2, 0) is 35.6 Å². The standard InChI is InChI=1S/C27H37N3O7/c1-27(2,3)21-18-20(19-24(26(21)33)30-28-22-6-4-5-7-23(22)29-30)8-9-25(32)37-17-16-36-15-14-35-13-12-34-11-10-31/h4-7,18-19,31,33H,8-17H2,1-3H3. The van der Waals surface area contributed by atoms with Crippen molar-refractivity contribution in [3.63, 3.8) is 0 Å².